The molecule has 1 amide bonds. The molecule has 0 N–H and O–H groups in total. The first-order valence-electron chi connectivity index (χ1n) is 11.0. The average molecular weight is 402 g/mol. The summed E-state index contributed by atoms with van der Waals surface area (Å²) in [5.41, 5.74) is 0.740. The second kappa shape index (κ2) is 11.1. The van der Waals surface area contributed by atoms with E-state index in [1.807, 2.05) is 4.90 Å². The van der Waals surface area contributed by atoms with Gasteiger partial charge in [-0.25, -0.2) is 4.39 Å². The van der Waals surface area contributed by atoms with Gasteiger partial charge in [-0.2, -0.15) is 4.98 Å². The van der Waals surface area contributed by atoms with Gasteiger partial charge in [0.15, 0.2) is 0 Å². The number of amides is 1. The number of halogens is 1. The van der Waals surface area contributed by atoms with E-state index in [4.69, 9.17) is 4.52 Å². The predicted octanol–water partition coefficient (Wildman–Crippen LogP) is 5.72. The van der Waals surface area contributed by atoms with Gasteiger partial charge < -0.3 is 9.42 Å². The van der Waals surface area contributed by atoms with Crippen molar-refractivity contribution < 1.29 is 13.7 Å². The summed E-state index contributed by atoms with van der Waals surface area (Å²) < 4.78 is 18.5. The predicted molar refractivity (Wildman–Crippen MR) is 111 cm³/mol. The topological polar surface area (TPSA) is 59.2 Å². The van der Waals surface area contributed by atoms with Gasteiger partial charge >= 0.3 is 0 Å². The number of hydrogen-bond acceptors (Lipinski definition) is 4. The van der Waals surface area contributed by atoms with Gasteiger partial charge in [-0.1, -0.05) is 50.6 Å². The van der Waals surface area contributed by atoms with Crippen molar-refractivity contribution in [3.8, 4) is 11.4 Å². The molecule has 0 unspecified atom stereocenters. The van der Waals surface area contributed by atoms with Crippen LogP contribution in [0, 0.1) is 5.82 Å². The first-order valence-corrected chi connectivity index (χ1v) is 11.0. The lowest BCUT2D eigenvalue weighted by atomic mass is 9.96. The molecule has 5 nitrogen and oxygen atoms in total. The van der Waals surface area contributed by atoms with Gasteiger partial charge in [0.05, 0.1) is 0 Å². The largest absolute Gasteiger partial charge is 0.343 e. The lowest BCUT2D eigenvalue weighted by molar-refractivity contribution is -0.132. The van der Waals surface area contributed by atoms with Crippen LogP contribution >= 0.6 is 0 Å². The molecule has 1 aliphatic rings. The molecular formula is C23H32FN3O2. The van der Waals surface area contributed by atoms with E-state index < -0.39 is 0 Å². The van der Waals surface area contributed by atoms with Gasteiger partial charge in [-0.3, -0.25) is 4.79 Å². The Hall–Kier alpha value is -2.24. The van der Waals surface area contributed by atoms with Gasteiger partial charge in [0, 0.05) is 31.0 Å². The lowest BCUT2D eigenvalue weighted by Crippen LogP contribution is -2.37. The van der Waals surface area contributed by atoms with E-state index in [1.165, 1.54) is 44.2 Å². The molecular weight excluding hydrogens is 369 g/mol. The van der Waals surface area contributed by atoms with E-state index >= 15 is 0 Å². The van der Waals surface area contributed by atoms with Crippen molar-refractivity contribution in [3.05, 3.63) is 36.0 Å². The van der Waals surface area contributed by atoms with Crippen molar-refractivity contribution in [2.45, 2.75) is 77.0 Å². The number of benzene rings is 1. The van der Waals surface area contributed by atoms with Crippen LogP contribution in [0.4, 0.5) is 4.39 Å². The summed E-state index contributed by atoms with van der Waals surface area (Å²) in [6, 6.07) is 6.07. The second-order valence-electron chi connectivity index (χ2n) is 7.99. The number of aromatic nitrogens is 2. The van der Waals surface area contributed by atoms with Gasteiger partial charge in [0.25, 0.3) is 0 Å². The van der Waals surface area contributed by atoms with Crippen molar-refractivity contribution in [3.63, 3.8) is 0 Å². The van der Waals surface area contributed by atoms with Crippen LogP contribution in [0.15, 0.2) is 28.8 Å². The third kappa shape index (κ3) is 6.38. The van der Waals surface area contributed by atoms with E-state index in [0.717, 1.165) is 44.3 Å². The Morgan fingerprint density at radius 1 is 1.07 bits per heavy atom. The number of unbranched alkanes of at least 4 members (excludes halogenated alkanes) is 6. The average Bonchev–Trinajstić information content (AvgIpc) is 3.24. The number of piperidine rings is 1. The lowest BCUT2D eigenvalue weighted by Gasteiger charge is -2.30. The normalized spacial score (nSPS) is 15.0. The molecule has 29 heavy (non-hydrogen) atoms. The second-order valence-corrected chi connectivity index (χ2v) is 7.99. The molecule has 6 heteroatoms. The van der Waals surface area contributed by atoms with Crippen LogP contribution in [0.5, 0.6) is 0 Å². The number of likely N-dealkylation sites (tertiary alicyclic amines) is 1. The molecule has 0 aliphatic carbocycles. The minimum Gasteiger partial charge on any atom is -0.343 e. The van der Waals surface area contributed by atoms with E-state index in [1.54, 1.807) is 12.1 Å². The first kappa shape index (κ1) is 21.5. The molecule has 2 aromatic rings. The molecule has 0 spiro atoms. The zero-order chi connectivity index (χ0) is 20.5. The Bertz CT molecular complexity index is 752. The molecule has 2 heterocycles. The smallest absolute Gasteiger partial charge is 0.230 e. The molecule has 3 rings (SSSR count). The number of carbonyl (C=O) groups excluding carboxylic acids is 1. The van der Waals surface area contributed by atoms with Crippen molar-refractivity contribution in [2.24, 2.45) is 0 Å². The Labute approximate surface area is 172 Å². The van der Waals surface area contributed by atoms with Gasteiger partial charge in [-0.15, -0.1) is 0 Å². The quantitative estimate of drug-likeness (QED) is 0.478. The number of nitrogens with zero attached hydrogens (tertiary/aromatic N) is 3. The summed E-state index contributed by atoms with van der Waals surface area (Å²) in [7, 11) is 0. The van der Waals surface area contributed by atoms with Crippen LogP contribution in [0.25, 0.3) is 11.4 Å². The Balaban J connectivity index is 1.39. The van der Waals surface area contributed by atoms with Gasteiger partial charge in [0.2, 0.25) is 17.6 Å². The zero-order valence-corrected chi connectivity index (χ0v) is 17.4. The van der Waals surface area contributed by atoms with Crippen molar-refractivity contribution >= 4 is 5.91 Å². The highest BCUT2D eigenvalue weighted by atomic mass is 19.1. The minimum atomic E-state index is -0.286. The van der Waals surface area contributed by atoms with Crippen molar-refractivity contribution in [1.29, 1.82) is 0 Å². The summed E-state index contributed by atoms with van der Waals surface area (Å²) in [4.78, 5) is 18.9. The molecule has 1 fully saturated rings. The molecule has 0 saturated carbocycles. The number of hydrogen-bond donors (Lipinski definition) is 0. The van der Waals surface area contributed by atoms with E-state index in [9.17, 15) is 9.18 Å². The van der Waals surface area contributed by atoms with E-state index in [-0.39, 0.29) is 17.6 Å². The zero-order valence-electron chi connectivity index (χ0n) is 17.4. The van der Waals surface area contributed by atoms with Crippen LogP contribution < -0.4 is 0 Å². The van der Waals surface area contributed by atoms with E-state index in [0.29, 0.717) is 18.1 Å². The third-order valence-electron chi connectivity index (χ3n) is 5.74. The first-order chi connectivity index (χ1) is 14.2. The molecule has 1 aliphatic heterocycles. The highest BCUT2D eigenvalue weighted by molar-refractivity contribution is 5.76. The summed E-state index contributed by atoms with van der Waals surface area (Å²) in [6.45, 7) is 3.72. The number of carbonyl (C=O) groups is 1. The monoisotopic (exact) mass is 401 g/mol. The molecule has 1 aromatic heterocycles. The van der Waals surface area contributed by atoms with Crippen LogP contribution in [0.1, 0.15) is 82.9 Å². The van der Waals surface area contributed by atoms with Crippen molar-refractivity contribution in [2.75, 3.05) is 13.1 Å². The third-order valence-corrected chi connectivity index (χ3v) is 5.74. The van der Waals surface area contributed by atoms with E-state index in [2.05, 4.69) is 17.1 Å². The molecule has 0 bridgehead atoms. The maximum Gasteiger partial charge on any atom is 0.230 e. The summed E-state index contributed by atoms with van der Waals surface area (Å²) in [6.07, 6.45) is 10.9. The molecule has 0 radical (unpaired) electrons. The minimum absolute atomic E-state index is 0.180. The Morgan fingerprint density at radius 3 is 2.41 bits per heavy atom. The fourth-order valence-corrected chi connectivity index (χ4v) is 3.88. The summed E-state index contributed by atoms with van der Waals surface area (Å²) >= 11 is 0. The fourth-order valence-electron chi connectivity index (χ4n) is 3.88. The SMILES string of the molecule is CCCCCCCCCC(=O)N1CCC(c2nc(-c3ccc(F)cc3)no2)CC1. The standard InChI is InChI=1S/C23H32FN3O2/c1-2-3-4-5-6-7-8-9-21(28)27-16-14-19(15-17-27)23-25-22(26-29-23)18-10-12-20(24)13-11-18/h10-13,19H,2-9,14-17H2,1H3. The van der Waals surface area contributed by atoms with Gasteiger partial charge in [0.1, 0.15) is 5.82 Å². The summed E-state index contributed by atoms with van der Waals surface area (Å²) in [5, 5.41) is 4.03. The van der Waals surface area contributed by atoms with Crippen molar-refractivity contribution in [1.82, 2.24) is 15.0 Å². The molecule has 1 saturated heterocycles. The Kier molecular flexibility index (Phi) is 8.20. The van der Waals surface area contributed by atoms with Crippen LogP contribution in [0.3, 0.4) is 0 Å². The van der Waals surface area contributed by atoms with Crippen LogP contribution in [-0.2, 0) is 4.79 Å². The fraction of sp³-hybridized carbons (Fsp3) is 0.609. The maximum atomic E-state index is 13.1. The molecule has 1 aromatic carbocycles. The van der Waals surface area contributed by atoms with Gasteiger partial charge in [-0.05, 0) is 43.5 Å². The summed E-state index contributed by atoms with van der Waals surface area (Å²) in [5.74, 6) is 1.26. The van der Waals surface area contributed by atoms with Crippen LogP contribution in [-0.4, -0.2) is 34.0 Å². The van der Waals surface area contributed by atoms with Crippen LogP contribution in [0.2, 0.25) is 0 Å². The maximum absolute atomic E-state index is 13.1. The highest BCUT2D eigenvalue weighted by Gasteiger charge is 2.27. The Morgan fingerprint density at radius 2 is 1.72 bits per heavy atom. The molecule has 158 valence electrons. The molecule has 0 atom stereocenters. The highest BCUT2D eigenvalue weighted by Crippen LogP contribution is 2.29. The number of rotatable bonds is 10.